The highest BCUT2D eigenvalue weighted by molar-refractivity contribution is 7.67. The third kappa shape index (κ3) is 15.4. The van der Waals surface area contributed by atoms with Crippen molar-refractivity contribution in [3.05, 3.63) is 32.6 Å². The summed E-state index contributed by atoms with van der Waals surface area (Å²) in [5, 5.41) is 9.98. The van der Waals surface area contributed by atoms with Gasteiger partial charge in [-0.1, -0.05) is 0 Å². The van der Waals surface area contributed by atoms with E-state index in [1.54, 1.807) is 0 Å². The molecule has 11 N–H and O–H groups in total. The molecule has 42 heavy (non-hydrogen) atoms. The van der Waals surface area contributed by atoms with Gasteiger partial charge in [0.1, 0.15) is 12.3 Å². The van der Waals surface area contributed by atoms with Gasteiger partial charge < -0.3 is 53.9 Å². The predicted molar refractivity (Wildman–Crippen MR) is 126 cm³/mol. The lowest BCUT2D eigenvalue weighted by molar-refractivity contribution is -0.0450. The molecule has 26 nitrogen and oxygen atoms in total. The fourth-order valence-electron chi connectivity index (χ4n) is 2.59. The van der Waals surface area contributed by atoms with E-state index < -0.39 is 83.2 Å². The highest BCUT2D eigenvalue weighted by Crippen LogP contribution is 2.66. The summed E-state index contributed by atoms with van der Waals surface area (Å²) in [6, 6.07) is 0. The monoisotopic (exact) mass is 740 g/mol. The maximum atomic E-state index is 11.9. The Kier molecular flexibility index (Phi) is 13.4. The highest BCUT2D eigenvalue weighted by atomic mass is 31.3. The molecule has 1 aliphatic rings. The smallest absolute Gasteiger partial charge is 0.390 e. The van der Waals surface area contributed by atoms with E-state index in [2.05, 4.69) is 21.8 Å². The molecule has 246 valence electrons. The van der Waals surface area contributed by atoms with Gasteiger partial charge in [-0.15, -0.1) is 0 Å². The normalized spacial score (nSPS) is 23.0. The Morgan fingerprint density at radius 2 is 1.24 bits per heavy atom. The fraction of sp³-hybridized carbons (Fsp3) is 0.600. The first kappa shape index (κ1) is 39.4. The average molecular weight is 740 g/mol. The zero-order chi connectivity index (χ0) is 33.1. The molecule has 2 heterocycles. The summed E-state index contributed by atoms with van der Waals surface area (Å²) < 4.78 is 87.7. The van der Waals surface area contributed by atoms with Crippen molar-refractivity contribution >= 4 is 46.9 Å². The van der Waals surface area contributed by atoms with Crippen LogP contribution in [0.15, 0.2) is 15.8 Å². The number of ether oxygens (including phenoxy) is 1. The minimum absolute atomic E-state index is 0.171. The van der Waals surface area contributed by atoms with E-state index in [0.29, 0.717) is 0 Å². The van der Waals surface area contributed by atoms with E-state index in [4.69, 9.17) is 43.9 Å². The minimum Gasteiger partial charge on any atom is -0.390 e. The van der Waals surface area contributed by atoms with Crippen LogP contribution in [0.5, 0.6) is 0 Å². The minimum atomic E-state index is -5.67. The van der Waals surface area contributed by atoms with Gasteiger partial charge in [0.05, 0.1) is 12.7 Å². The number of nitrogens with one attached hydrogen (secondary N) is 1. The molecule has 1 aliphatic heterocycles. The molecular weight excluding hydrogens is 718 g/mol. The molecule has 2 unspecified atom stereocenters. The first-order valence-corrected chi connectivity index (χ1v) is 18.9. The number of aliphatic hydroxyl groups is 1. The topological polar surface area (TPSA) is 415 Å². The maximum absolute atomic E-state index is 11.9. The highest BCUT2D eigenvalue weighted by Gasteiger charge is 2.43. The second-order valence-corrected chi connectivity index (χ2v) is 16.0. The van der Waals surface area contributed by atoms with Crippen molar-refractivity contribution in [1.82, 2.24) is 9.55 Å². The molecule has 1 saturated heterocycles. The van der Waals surface area contributed by atoms with Gasteiger partial charge in [-0.2, -0.15) is 17.2 Å². The first-order chi connectivity index (χ1) is 18.5. The second kappa shape index (κ2) is 14.2. The number of hydrogen-bond acceptors (Lipinski definition) is 15. The third-order valence-electron chi connectivity index (χ3n) is 3.90. The van der Waals surface area contributed by atoms with Gasteiger partial charge in [-0.25, -0.2) is 32.2 Å². The lowest BCUT2D eigenvalue weighted by Crippen LogP contribution is -2.33. The Morgan fingerprint density at radius 1 is 0.810 bits per heavy atom. The molecule has 32 heteroatoms. The molecule has 1 aromatic rings. The van der Waals surface area contributed by atoms with Crippen molar-refractivity contribution in [3.63, 3.8) is 0 Å². The predicted octanol–water partition coefficient (Wildman–Crippen LogP) is -1.86. The number of H-pyrrole nitrogens is 1. The van der Waals surface area contributed by atoms with E-state index in [-0.39, 0.29) is 12.0 Å². The van der Waals surface area contributed by atoms with Crippen molar-refractivity contribution in [2.75, 3.05) is 6.61 Å². The van der Waals surface area contributed by atoms with Crippen molar-refractivity contribution < 1.29 is 103 Å². The fourth-order valence-corrected chi connectivity index (χ4v) is 8.16. The van der Waals surface area contributed by atoms with E-state index in [0.717, 1.165) is 4.57 Å². The number of phosphoric acid groups is 6. The van der Waals surface area contributed by atoms with Crippen LogP contribution in [-0.4, -0.2) is 77.5 Å². The van der Waals surface area contributed by atoms with Gasteiger partial charge in [0, 0.05) is 18.2 Å². The quantitative estimate of drug-likeness (QED) is 0.105. The van der Waals surface area contributed by atoms with Crippen LogP contribution in [0.4, 0.5) is 0 Å². The Bertz CT molecular complexity index is 1490. The third-order valence-corrected chi connectivity index (χ3v) is 11.1. The Hall–Kier alpha value is -0.580. The maximum Gasteiger partial charge on any atom is 0.490 e. The van der Waals surface area contributed by atoms with Gasteiger partial charge >= 0.3 is 52.6 Å². The molecule has 1 fully saturated rings. The van der Waals surface area contributed by atoms with Gasteiger partial charge in [0.25, 0.3) is 5.56 Å². The van der Waals surface area contributed by atoms with E-state index in [1.807, 2.05) is 4.98 Å². The summed E-state index contributed by atoms with van der Waals surface area (Å²) in [7, 11) is -32.8. The molecule has 5 atom stereocenters. The second-order valence-electron chi connectivity index (χ2n) is 7.41. The van der Waals surface area contributed by atoms with Crippen LogP contribution in [0.2, 0.25) is 0 Å². The zero-order valence-corrected chi connectivity index (χ0v) is 25.4. The van der Waals surface area contributed by atoms with Crippen LogP contribution in [-0.2, 0) is 53.9 Å². The Labute approximate surface area is 231 Å². The molecule has 0 bridgehead atoms. The van der Waals surface area contributed by atoms with E-state index in [1.165, 1.54) is 13.1 Å². The van der Waals surface area contributed by atoms with Crippen LogP contribution >= 0.6 is 46.9 Å². The van der Waals surface area contributed by atoms with Crippen molar-refractivity contribution in [2.45, 2.75) is 31.8 Å². The van der Waals surface area contributed by atoms with Gasteiger partial charge in [0.2, 0.25) is 0 Å². The van der Waals surface area contributed by atoms with Crippen molar-refractivity contribution in [1.29, 1.82) is 0 Å². The van der Waals surface area contributed by atoms with Gasteiger partial charge in [-0.3, -0.25) is 18.9 Å². The van der Waals surface area contributed by atoms with Crippen molar-refractivity contribution in [3.8, 4) is 0 Å². The number of hydrogen-bond donors (Lipinski definition) is 11. The molecule has 0 amide bonds. The molecule has 0 radical (unpaired) electrons. The van der Waals surface area contributed by atoms with Gasteiger partial charge in [-0.05, 0) is 6.92 Å². The summed E-state index contributed by atoms with van der Waals surface area (Å²) in [6.45, 7) is 0.547. The molecule has 0 aromatic carbocycles. The van der Waals surface area contributed by atoms with E-state index >= 15 is 0 Å². The SMILES string of the molecule is Cc1cn([C@H]2C[C@H](O)[C@@H](COP(=O)(O)OP(=O)(O)OP(=O)(O)O)O2)c(=O)[nH]c1=O.O=P(O)(O)OP(=O)(O)OP(=O)(O)O. The lowest BCUT2D eigenvalue weighted by Gasteiger charge is -2.19. The molecule has 0 spiro atoms. The molecule has 2 rings (SSSR count). The summed E-state index contributed by atoms with van der Waals surface area (Å²) in [5.41, 5.74) is -1.26. The van der Waals surface area contributed by atoms with Crippen LogP contribution in [0, 0.1) is 6.92 Å². The number of phosphoric ester groups is 1. The first-order valence-electron chi connectivity index (χ1n) is 9.80. The summed E-state index contributed by atoms with van der Waals surface area (Å²) in [4.78, 5) is 101. The molecular formula is C10H22N2O24P6. The summed E-state index contributed by atoms with van der Waals surface area (Å²) in [6.07, 6.45) is -2.67. The van der Waals surface area contributed by atoms with Crippen LogP contribution in [0.25, 0.3) is 0 Å². The van der Waals surface area contributed by atoms with Crippen LogP contribution < -0.4 is 11.2 Å². The zero-order valence-electron chi connectivity index (χ0n) is 20.0. The standard InChI is InChI=1S/C10H17N2O14P3.H5O10P3/c1-5-3-12(10(15)11-9(5)14)8-2-6(13)7(24-8)4-23-28(19,20)26-29(21,22)25-27(16,17)18;1-11(2,3)9-13(7,8)10-12(4,5)6/h3,6-8,13H,2,4H2,1H3,(H,19,20)(H,21,22)(H,11,14,15)(H2,16,17,18);(H,7,8)(H2,1,2,3)(H2,4,5,6)/t6-,7+,8+;/m0./s1. The number of aromatic nitrogens is 2. The Morgan fingerprint density at radius 3 is 1.67 bits per heavy atom. The Balaban J connectivity index is 0.000000572. The van der Waals surface area contributed by atoms with Crippen LogP contribution in [0.3, 0.4) is 0 Å². The summed E-state index contributed by atoms with van der Waals surface area (Å²) >= 11 is 0. The number of rotatable bonds is 12. The van der Waals surface area contributed by atoms with E-state index in [9.17, 15) is 47.0 Å². The van der Waals surface area contributed by atoms with Gasteiger partial charge in [0.15, 0.2) is 0 Å². The summed E-state index contributed by atoms with van der Waals surface area (Å²) in [5.74, 6) is 0. The molecule has 0 aliphatic carbocycles. The van der Waals surface area contributed by atoms with Crippen molar-refractivity contribution in [2.24, 2.45) is 0 Å². The largest absolute Gasteiger partial charge is 0.490 e. The molecule has 1 aromatic heterocycles. The number of nitrogens with zero attached hydrogens (tertiary/aromatic N) is 1. The number of aryl methyl sites for hydroxylation is 1. The average Bonchev–Trinajstić information content (AvgIpc) is 3.03. The lowest BCUT2D eigenvalue weighted by atomic mass is 10.2. The van der Waals surface area contributed by atoms with Crippen LogP contribution in [0.1, 0.15) is 18.2 Å². The number of aliphatic hydroxyl groups excluding tert-OH is 1. The number of aromatic amines is 1. The molecule has 0 saturated carbocycles.